The summed E-state index contributed by atoms with van der Waals surface area (Å²) in [6, 6.07) is 14.3. The van der Waals surface area contributed by atoms with E-state index in [0.29, 0.717) is 18.5 Å². The van der Waals surface area contributed by atoms with Crippen molar-refractivity contribution in [2.45, 2.75) is 25.9 Å². The van der Waals surface area contributed by atoms with Crippen LogP contribution in [0.1, 0.15) is 40.4 Å². The molecule has 1 heterocycles. The van der Waals surface area contributed by atoms with Gasteiger partial charge < -0.3 is 10.0 Å². The standard InChI is InChI=1S/C20H17NO3/c1-2-18(20(23)24)21-13-16-12-15(10-11-17(16)19(21)22)9-8-14-6-4-3-5-7-14/h3-7,10-12,18H,2,13H2,1H3,(H,23,24)/t18-/m0/s1. The largest absolute Gasteiger partial charge is 0.480 e. The Kier molecular flexibility index (Phi) is 4.35. The Labute approximate surface area is 140 Å². The second-order valence-electron chi connectivity index (χ2n) is 5.68. The molecule has 4 nitrogen and oxygen atoms in total. The first-order valence-electron chi connectivity index (χ1n) is 7.84. The Morgan fingerprint density at radius 1 is 1.17 bits per heavy atom. The fraction of sp³-hybridized carbons (Fsp3) is 0.200. The van der Waals surface area contributed by atoms with Gasteiger partial charge in [-0.1, -0.05) is 37.0 Å². The summed E-state index contributed by atoms with van der Waals surface area (Å²) in [5.41, 5.74) is 3.14. The molecule has 2 aromatic carbocycles. The minimum Gasteiger partial charge on any atom is -0.480 e. The topological polar surface area (TPSA) is 57.6 Å². The Bertz CT molecular complexity index is 846. The van der Waals surface area contributed by atoms with E-state index in [0.717, 1.165) is 16.7 Å². The Morgan fingerprint density at radius 3 is 2.54 bits per heavy atom. The lowest BCUT2D eigenvalue weighted by Gasteiger charge is -2.22. The normalized spacial score (nSPS) is 13.9. The van der Waals surface area contributed by atoms with Crippen molar-refractivity contribution >= 4 is 11.9 Å². The first-order valence-corrected chi connectivity index (χ1v) is 7.84. The Morgan fingerprint density at radius 2 is 1.88 bits per heavy atom. The second kappa shape index (κ2) is 6.59. The third kappa shape index (κ3) is 3.02. The zero-order chi connectivity index (χ0) is 17.1. The SMILES string of the molecule is CC[C@@H](C(=O)O)N1Cc2cc(C#Cc3ccccc3)ccc2C1=O. The van der Waals surface area contributed by atoms with E-state index >= 15 is 0 Å². The van der Waals surface area contributed by atoms with Crippen LogP contribution in [0, 0.1) is 11.8 Å². The minimum absolute atomic E-state index is 0.221. The lowest BCUT2D eigenvalue weighted by molar-refractivity contribution is -0.142. The van der Waals surface area contributed by atoms with Crippen molar-refractivity contribution in [2.24, 2.45) is 0 Å². The van der Waals surface area contributed by atoms with Crippen molar-refractivity contribution in [1.29, 1.82) is 0 Å². The summed E-state index contributed by atoms with van der Waals surface area (Å²) in [5.74, 6) is 4.98. The van der Waals surface area contributed by atoms with Crippen molar-refractivity contribution in [3.05, 3.63) is 70.8 Å². The summed E-state index contributed by atoms with van der Waals surface area (Å²) in [5, 5.41) is 9.28. The molecule has 4 heteroatoms. The van der Waals surface area contributed by atoms with Gasteiger partial charge in [-0.15, -0.1) is 0 Å². The Balaban J connectivity index is 1.86. The molecule has 0 saturated heterocycles. The first kappa shape index (κ1) is 15.8. The van der Waals surface area contributed by atoms with E-state index in [1.54, 1.807) is 19.1 Å². The summed E-state index contributed by atoms with van der Waals surface area (Å²) in [7, 11) is 0. The molecular weight excluding hydrogens is 302 g/mol. The van der Waals surface area contributed by atoms with Crippen molar-refractivity contribution in [2.75, 3.05) is 0 Å². The van der Waals surface area contributed by atoms with Crippen LogP contribution in [0.15, 0.2) is 48.5 Å². The molecule has 0 unspecified atom stereocenters. The smallest absolute Gasteiger partial charge is 0.326 e. The number of carboxylic acid groups (broad SMARTS) is 1. The van der Waals surface area contributed by atoms with Crippen molar-refractivity contribution < 1.29 is 14.7 Å². The summed E-state index contributed by atoms with van der Waals surface area (Å²) >= 11 is 0. The molecule has 1 N–H and O–H groups in total. The van der Waals surface area contributed by atoms with Gasteiger partial charge in [0.15, 0.2) is 0 Å². The zero-order valence-electron chi connectivity index (χ0n) is 13.3. The molecular formula is C20H17NO3. The van der Waals surface area contributed by atoms with Crippen molar-refractivity contribution in [3.8, 4) is 11.8 Å². The van der Waals surface area contributed by atoms with Crippen LogP contribution in [0.2, 0.25) is 0 Å². The number of carboxylic acids is 1. The predicted molar refractivity (Wildman–Crippen MR) is 90.5 cm³/mol. The third-order valence-electron chi connectivity index (χ3n) is 4.11. The van der Waals surface area contributed by atoms with Crippen molar-refractivity contribution in [3.63, 3.8) is 0 Å². The molecule has 120 valence electrons. The van der Waals surface area contributed by atoms with Crippen LogP contribution >= 0.6 is 0 Å². The van der Waals surface area contributed by atoms with E-state index in [1.807, 2.05) is 36.4 Å². The number of nitrogens with zero attached hydrogens (tertiary/aromatic N) is 1. The number of carbonyl (C=O) groups excluding carboxylic acids is 1. The van der Waals surface area contributed by atoms with Crippen LogP contribution in [0.25, 0.3) is 0 Å². The van der Waals surface area contributed by atoms with Gasteiger partial charge >= 0.3 is 5.97 Å². The molecule has 2 aromatic rings. The average Bonchev–Trinajstić information content (AvgIpc) is 2.90. The summed E-state index contributed by atoms with van der Waals surface area (Å²) in [6.07, 6.45) is 0.385. The lowest BCUT2D eigenvalue weighted by atomic mass is 10.1. The van der Waals surface area contributed by atoms with Crippen LogP contribution in [0.5, 0.6) is 0 Å². The van der Waals surface area contributed by atoms with Crippen molar-refractivity contribution in [1.82, 2.24) is 4.90 Å². The minimum atomic E-state index is -0.970. The number of rotatable bonds is 3. The number of benzene rings is 2. The number of fused-ring (bicyclic) bond motifs is 1. The van der Waals surface area contributed by atoms with E-state index in [9.17, 15) is 14.7 Å². The molecule has 0 aliphatic carbocycles. The molecule has 0 aromatic heterocycles. The number of amides is 1. The summed E-state index contributed by atoms with van der Waals surface area (Å²) < 4.78 is 0. The van der Waals surface area contributed by atoms with Gasteiger partial charge in [-0.3, -0.25) is 4.79 Å². The molecule has 24 heavy (non-hydrogen) atoms. The number of aliphatic carboxylic acids is 1. The van der Waals surface area contributed by atoms with E-state index < -0.39 is 12.0 Å². The van der Waals surface area contributed by atoms with E-state index in [-0.39, 0.29) is 5.91 Å². The maximum atomic E-state index is 12.4. The molecule has 0 spiro atoms. The molecule has 1 amide bonds. The fourth-order valence-electron chi connectivity index (χ4n) is 2.87. The fourth-order valence-corrected chi connectivity index (χ4v) is 2.87. The van der Waals surface area contributed by atoms with E-state index in [1.165, 1.54) is 4.90 Å². The maximum Gasteiger partial charge on any atom is 0.326 e. The van der Waals surface area contributed by atoms with Crippen LogP contribution in [0.3, 0.4) is 0 Å². The molecule has 3 rings (SSSR count). The molecule has 0 fully saturated rings. The van der Waals surface area contributed by atoms with Gasteiger partial charge in [-0.25, -0.2) is 4.79 Å². The van der Waals surface area contributed by atoms with E-state index in [2.05, 4.69) is 11.8 Å². The van der Waals surface area contributed by atoms with Crippen LogP contribution in [-0.2, 0) is 11.3 Å². The molecule has 0 saturated carbocycles. The average molecular weight is 319 g/mol. The van der Waals surface area contributed by atoms with Crippen LogP contribution < -0.4 is 0 Å². The predicted octanol–water partition coefficient (Wildman–Crippen LogP) is 2.91. The molecule has 1 atom stereocenters. The molecule has 0 radical (unpaired) electrons. The lowest BCUT2D eigenvalue weighted by Crippen LogP contribution is -2.40. The first-order chi connectivity index (χ1) is 11.6. The van der Waals surface area contributed by atoms with Gasteiger partial charge in [0.2, 0.25) is 0 Å². The monoisotopic (exact) mass is 319 g/mol. The highest BCUT2D eigenvalue weighted by molar-refractivity contribution is 6.00. The number of carbonyl (C=O) groups is 2. The van der Waals surface area contributed by atoms with E-state index in [4.69, 9.17) is 0 Å². The van der Waals surface area contributed by atoms with Gasteiger partial charge in [0.05, 0.1) is 0 Å². The maximum absolute atomic E-state index is 12.4. The highest BCUT2D eigenvalue weighted by atomic mass is 16.4. The zero-order valence-corrected chi connectivity index (χ0v) is 13.3. The highest BCUT2D eigenvalue weighted by Crippen LogP contribution is 2.26. The van der Waals surface area contributed by atoms with Gasteiger partial charge in [-0.2, -0.15) is 0 Å². The summed E-state index contributed by atoms with van der Waals surface area (Å²) in [6.45, 7) is 2.09. The van der Waals surface area contributed by atoms with Gasteiger partial charge in [0.25, 0.3) is 5.91 Å². The van der Waals surface area contributed by atoms with Crippen LogP contribution in [0.4, 0.5) is 0 Å². The van der Waals surface area contributed by atoms with Gasteiger partial charge in [0.1, 0.15) is 6.04 Å². The second-order valence-corrected chi connectivity index (χ2v) is 5.68. The summed E-state index contributed by atoms with van der Waals surface area (Å²) in [4.78, 5) is 25.2. The number of hydrogen-bond acceptors (Lipinski definition) is 2. The van der Waals surface area contributed by atoms with Gasteiger partial charge in [0, 0.05) is 23.2 Å². The van der Waals surface area contributed by atoms with Gasteiger partial charge in [-0.05, 0) is 42.3 Å². The Hall–Kier alpha value is -3.06. The third-order valence-corrected chi connectivity index (χ3v) is 4.11. The molecule has 0 bridgehead atoms. The number of hydrogen-bond donors (Lipinski definition) is 1. The highest BCUT2D eigenvalue weighted by Gasteiger charge is 2.35. The quantitative estimate of drug-likeness (QED) is 0.885. The molecule has 1 aliphatic heterocycles. The molecule has 1 aliphatic rings. The van der Waals surface area contributed by atoms with Crippen LogP contribution in [-0.4, -0.2) is 27.9 Å².